The van der Waals surface area contributed by atoms with Gasteiger partial charge in [-0.25, -0.2) is 8.42 Å². The minimum atomic E-state index is -4.54. The number of sulfonamides is 1. The van der Waals surface area contributed by atoms with Crippen molar-refractivity contribution in [3.63, 3.8) is 0 Å². The van der Waals surface area contributed by atoms with Gasteiger partial charge in [-0.05, 0) is 24.3 Å². The first-order valence-electron chi connectivity index (χ1n) is 8.91. The number of nitrogens with zero attached hydrogens (tertiary/aromatic N) is 2. The molecule has 2 rings (SSSR count). The van der Waals surface area contributed by atoms with Crippen LogP contribution >= 0.6 is 0 Å². The van der Waals surface area contributed by atoms with E-state index in [1.807, 2.05) is 0 Å². The Balaban J connectivity index is 2.13. The molecule has 0 unspecified atom stereocenters. The van der Waals surface area contributed by atoms with Gasteiger partial charge >= 0.3 is 6.18 Å². The third-order valence-corrected chi connectivity index (χ3v) is 6.18. The minimum Gasteiger partial charge on any atom is -0.305 e. The van der Waals surface area contributed by atoms with E-state index in [0.29, 0.717) is 0 Å². The Bertz CT molecular complexity index is 1060. The number of nitrogens with one attached hydrogen (secondary N) is 2. The van der Waals surface area contributed by atoms with E-state index in [-0.39, 0.29) is 23.7 Å². The van der Waals surface area contributed by atoms with Crippen LogP contribution in [-0.4, -0.2) is 36.3 Å². The van der Waals surface area contributed by atoms with Gasteiger partial charge in [0.1, 0.15) is 6.54 Å². The summed E-state index contributed by atoms with van der Waals surface area (Å²) < 4.78 is 65.5. The minimum absolute atomic E-state index is 0.0108. The topological polar surface area (TPSA) is 101 Å². The maximum atomic E-state index is 12.7. The summed E-state index contributed by atoms with van der Waals surface area (Å²) in [5.41, 5.74) is 3.00. The fraction of sp³-hybridized carbons (Fsp3) is 0.333. The Morgan fingerprint density at radius 2 is 1.80 bits per heavy atom. The van der Waals surface area contributed by atoms with Crippen LogP contribution in [0.2, 0.25) is 0 Å². The molecule has 0 saturated carbocycles. The number of amides is 1. The van der Waals surface area contributed by atoms with Crippen molar-refractivity contribution >= 4 is 21.6 Å². The average molecular weight is 446 g/mol. The van der Waals surface area contributed by atoms with E-state index in [4.69, 9.17) is 0 Å². The van der Waals surface area contributed by atoms with Crippen molar-refractivity contribution in [2.45, 2.75) is 31.5 Å². The molecule has 12 heteroatoms. The molecule has 8 nitrogen and oxygen atoms in total. The predicted molar refractivity (Wildman–Crippen MR) is 104 cm³/mol. The molecule has 2 N–H and O–H groups in total. The van der Waals surface area contributed by atoms with Crippen molar-refractivity contribution in [2.24, 2.45) is 0 Å². The second-order valence-corrected chi connectivity index (χ2v) is 8.11. The molecular formula is C18H21F3N4O4S. The molecule has 0 radical (unpaired) electrons. The van der Waals surface area contributed by atoms with Crippen LogP contribution in [-0.2, 0) is 27.5 Å². The van der Waals surface area contributed by atoms with Crippen LogP contribution < -0.4 is 16.4 Å². The average Bonchev–Trinajstić information content (AvgIpc) is 2.68. The number of hydrazine groups is 1. The van der Waals surface area contributed by atoms with Crippen LogP contribution in [0.25, 0.3) is 0 Å². The largest absolute Gasteiger partial charge is 0.416 e. The lowest BCUT2D eigenvalue weighted by molar-refractivity contribution is -0.137. The number of carbonyl (C=O) groups is 1. The van der Waals surface area contributed by atoms with E-state index >= 15 is 0 Å². The molecule has 1 heterocycles. The number of hydrogen-bond acceptors (Lipinski definition) is 5. The number of halogens is 3. The highest BCUT2D eigenvalue weighted by molar-refractivity contribution is 7.89. The van der Waals surface area contributed by atoms with Crippen LogP contribution in [0.5, 0.6) is 0 Å². The summed E-state index contributed by atoms with van der Waals surface area (Å²) in [4.78, 5) is 24.0. The van der Waals surface area contributed by atoms with Gasteiger partial charge in [-0.3, -0.25) is 20.4 Å². The number of rotatable bonds is 8. The molecule has 30 heavy (non-hydrogen) atoms. The lowest BCUT2D eigenvalue weighted by atomic mass is 10.2. The Kier molecular flexibility index (Phi) is 7.26. The SMILES string of the molecule is CCN(CC)S(=O)(=O)c1ccc(=O)n(CC(=O)NNc2cccc(C(F)(F)F)c2)c1. The smallest absolute Gasteiger partial charge is 0.305 e. The maximum Gasteiger partial charge on any atom is 0.416 e. The van der Waals surface area contributed by atoms with E-state index in [1.54, 1.807) is 13.8 Å². The highest BCUT2D eigenvalue weighted by Crippen LogP contribution is 2.30. The lowest BCUT2D eigenvalue weighted by Crippen LogP contribution is -2.36. The summed E-state index contributed by atoms with van der Waals surface area (Å²) in [5.74, 6) is -0.758. The van der Waals surface area contributed by atoms with E-state index in [2.05, 4.69) is 10.9 Å². The highest BCUT2D eigenvalue weighted by Gasteiger charge is 2.30. The Labute approximate surface area is 171 Å². The number of benzene rings is 1. The summed E-state index contributed by atoms with van der Waals surface area (Å²) in [6.07, 6.45) is -3.48. The molecule has 164 valence electrons. The van der Waals surface area contributed by atoms with Gasteiger partial charge in [0.25, 0.3) is 11.5 Å². The van der Waals surface area contributed by atoms with Gasteiger partial charge in [0.2, 0.25) is 10.0 Å². The number of alkyl halides is 3. The monoisotopic (exact) mass is 446 g/mol. The van der Waals surface area contributed by atoms with E-state index in [9.17, 15) is 31.2 Å². The molecule has 0 aliphatic heterocycles. The van der Waals surface area contributed by atoms with Gasteiger partial charge in [0, 0.05) is 25.4 Å². The van der Waals surface area contributed by atoms with Gasteiger partial charge in [-0.1, -0.05) is 19.9 Å². The molecule has 0 saturated heterocycles. The van der Waals surface area contributed by atoms with Crippen molar-refractivity contribution in [3.05, 3.63) is 58.5 Å². The Morgan fingerprint density at radius 3 is 2.40 bits per heavy atom. The number of aromatic nitrogens is 1. The van der Waals surface area contributed by atoms with Gasteiger partial charge < -0.3 is 4.57 Å². The van der Waals surface area contributed by atoms with Crippen molar-refractivity contribution in [3.8, 4) is 0 Å². The fourth-order valence-corrected chi connectivity index (χ4v) is 4.09. The molecule has 0 bridgehead atoms. The zero-order valence-corrected chi connectivity index (χ0v) is 17.0. The second-order valence-electron chi connectivity index (χ2n) is 6.17. The molecule has 1 aromatic heterocycles. The molecule has 2 aromatic rings. The summed E-state index contributed by atoms with van der Waals surface area (Å²) >= 11 is 0. The molecule has 0 aliphatic rings. The first-order valence-corrected chi connectivity index (χ1v) is 10.4. The van der Waals surface area contributed by atoms with Crippen LogP contribution in [0.1, 0.15) is 19.4 Å². The molecule has 0 fully saturated rings. The number of carbonyl (C=O) groups excluding carboxylic acids is 1. The number of hydrogen-bond donors (Lipinski definition) is 2. The van der Waals surface area contributed by atoms with Crippen molar-refractivity contribution < 1.29 is 26.4 Å². The first kappa shape index (κ1) is 23.4. The molecule has 0 atom stereocenters. The summed E-state index contributed by atoms with van der Waals surface area (Å²) in [7, 11) is -3.83. The standard InChI is InChI=1S/C18H21F3N4O4S/c1-3-25(4-2)30(28,29)15-8-9-17(27)24(11-15)12-16(26)23-22-14-7-5-6-13(10-14)18(19,20)21/h5-11,22H,3-4,12H2,1-2H3,(H,23,26). The fourth-order valence-electron chi connectivity index (χ4n) is 2.61. The Hall–Kier alpha value is -2.86. The zero-order valence-electron chi connectivity index (χ0n) is 16.2. The first-order chi connectivity index (χ1) is 14.0. The third-order valence-electron chi connectivity index (χ3n) is 4.15. The van der Waals surface area contributed by atoms with Crippen LogP contribution in [0, 0.1) is 0 Å². The quantitative estimate of drug-likeness (QED) is 0.605. The summed E-state index contributed by atoms with van der Waals surface area (Å²) in [5, 5.41) is 0. The normalized spacial score (nSPS) is 12.1. The second kappa shape index (κ2) is 9.30. The summed E-state index contributed by atoms with van der Waals surface area (Å²) in [6.45, 7) is 3.28. The third kappa shape index (κ3) is 5.60. The van der Waals surface area contributed by atoms with Crippen LogP contribution in [0.3, 0.4) is 0 Å². The molecular weight excluding hydrogens is 425 g/mol. The zero-order chi connectivity index (χ0) is 22.5. The molecule has 1 amide bonds. The van der Waals surface area contributed by atoms with Crippen LogP contribution in [0.15, 0.2) is 52.3 Å². The van der Waals surface area contributed by atoms with Gasteiger partial charge in [-0.2, -0.15) is 17.5 Å². The van der Waals surface area contributed by atoms with Gasteiger partial charge in [0.05, 0.1) is 16.1 Å². The van der Waals surface area contributed by atoms with Crippen molar-refractivity contribution in [1.82, 2.24) is 14.3 Å². The lowest BCUT2D eigenvalue weighted by Gasteiger charge is -2.19. The van der Waals surface area contributed by atoms with Crippen LogP contribution in [0.4, 0.5) is 18.9 Å². The van der Waals surface area contributed by atoms with E-state index in [1.165, 1.54) is 16.4 Å². The maximum absolute atomic E-state index is 12.7. The van der Waals surface area contributed by atoms with E-state index < -0.39 is 39.8 Å². The predicted octanol–water partition coefficient (Wildman–Crippen LogP) is 2.04. The van der Waals surface area contributed by atoms with Gasteiger partial charge in [-0.15, -0.1) is 0 Å². The molecule has 0 aliphatic carbocycles. The Morgan fingerprint density at radius 1 is 1.13 bits per heavy atom. The van der Waals surface area contributed by atoms with Gasteiger partial charge in [0.15, 0.2) is 0 Å². The highest BCUT2D eigenvalue weighted by atomic mass is 32.2. The molecule has 0 spiro atoms. The number of pyridine rings is 1. The summed E-state index contributed by atoms with van der Waals surface area (Å²) in [6, 6.07) is 6.37. The van der Waals surface area contributed by atoms with Crippen molar-refractivity contribution in [1.29, 1.82) is 0 Å². The van der Waals surface area contributed by atoms with Crippen molar-refractivity contribution in [2.75, 3.05) is 18.5 Å². The molecule has 1 aromatic carbocycles. The van der Waals surface area contributed by atoms with E-state index in [0.717, 1.165) is 35.0 Å². The number of anilines is 1.